The summed E-state index contributed by atoms with van der Waals surface area (Å²) >= 11 is 3.32. The molecule has 0 aromatic rings. The minimum Gasteiger partial charge on any atom is -0.446 e. The van der Waals surface area contributed by atoms with Crippen LogP contribution in [0.15, 0.2) is 0 Å². The first kappa shape index (κ1) is 15.7. The van der Waals surface area contributed by atoms with Gasteiger partial charge in [0.1, 0.15) is 0 Å². The van der Waals surface area contributed by atoms with Crippen molar-refractivity contribution in [2.45, 2.75) is 51.2 Å². The summed E-state index contributed by atoms with van der Waals surface area (Å²) in [5.74, 6) is 0. The Bertz CT molecular complexity index is 391. The molecule has 8 heteroatoms. The molecule has 0 spiro atoms. The average molecular weight is 343 g/mol. The van der Waals surface area contributed by atoms with Crippen LogP contribution in [-0.2, 0) is 14.9 Å². The molecule has 1 saturated carbocycles. The van der Waals surface area contributed by atoms with Gasteiger partial charge in [0.05, 0.1) is 6.10 Å². The van der Waals surface area contributed by atoms with E-state index in [-0.39, 0.29) is 6.10 Å². The van der Waals surface area contributed by atoms with Crippen molar-refractivity contribution in [3.63, 3.8) is 0 Å². The molecule has 106 valence electrons. The van der Waals surface area contributed by atoms with Gasteiger partial charge in [0.15, 0.2) is 0 Å². The van der Waals surface area contributed by atoms with E-state index in [0.29, 0.717) is 5.33 Å². The van der Waals surface area contributed by atoms with Crippen molar-refractivity contribution in [2.75, 3.05) is 5.33 Å². The van der Waals surface area contributed by atoms with Crippen molar-refractivity contribution >= 4 is 32.2 Å². The van der Waals surface area contributed by atoms with Crippen LogP contribution in [0.1, 0.15) is 39.5 Å². The molecule has 0 radical (unpaired) electrons. The maximum absolute atomic E-state index is 11.8. The maximum Gasteiger partial charge on any atom is 0.422 e. The zero-order valence-electron chi connectivity index (χ0n) is 10.5. The molecule has 0 atom stereocenters. The number of hydrogen-bond acceptors (Lipinski definition) is 4. The Kier molecular flexibility index (Phi) is 5.42. The second kappa shape index (κ2) is 6.21. The van der Waals surface area contributed by atoms with Crippen LogP contribution >= 0.6 is 15.9 Å². The number of nitrogens with one attached hydrogen (secondary N) is 2. The molecule has 0 bridgehead atoms. The van der Waals surface area contributed by atoms with E-state index in [9.17, 15) is 13.2 Å². The summed E-state index contributed by atoms with van der Waals surface area (Å²) in [7, 11) is -3.88. The largest absolute Gasteiger partial charge is 0.446 e. The number of carbonyl (C=O) groups is 1. The molecule has 1 aliphatic carbocycles. The molecule has 18 heavy (non-hydrogen) atoms. The second-order valence-electron chi connectivity index (χ2n) is 4.78. The molecule has 1 fully saturated rings. The first-order valence-corrected chi connectivity index (χ1v) is 8.47. The zero-order chi connectivity index (χ0) is 13.8. The number of amides is 1. The highest BCUT2D eigenvalue weighted by Gasteiger charge is 2.37. The van der Waals surface area contributed by atoms with Gasteiger partial charge in [-0.3, -0.25) is 0 Å². The fourth-order valence-corrected chi connectivity index (χ4v) is 4.02. The summed E-state index contributed by atoms with van der Waals surface area (Å²) in [6.45, 7) is 3.30. The Morgan fingerprint density at radius 3 is 2.39 bits per heavy atom. The Hall–Kier alpha value is -0.340. The fraction of sp³-hybridized carbons (Fsp3) is 0.900. The van der Waals surface area contributed by atoms with Crippen LogP contribution in [-0.4, -0.2) is 31.5 Å². The predicted molar refractivity (Wildman–Crippen MR) is 71.8 cm³/mol. The summed E-state index contributed by atoms with van der Waals surface area (Å²) in [5.41, 5.74) is -0.496. The summed E-state index contributed by atoms with van der Waals surface area (Å²) < 4.78 is 32.7. The third kappa shape index (κ3) is 4.74. The molecule has 0 aliphatic heterocycles. The average Bonchev–Trinajstić information content (AvgIpc) is 2.63. The molecule has 0 unspecified atom stereocenters. The van der Waals surface area contributed by atoms with Crippen molar-refractivity contribution in [1.82, 2.24) is 9.44 Å². The molecular weight excluding hydrogens is 324 g/mol. The summed E-state index contributed by atoms with van der Waals surface area (Å²) in [5, 5.41) is 0.528. The predicted octanol–water partition coefficient (Wildman–Crippen LogP) is 1.66. The van der Waals surface area contributed by atoms with Crippen LogP contribution in [0.4, 0.5) is 4.79 Å². The van der Waals surface area contributed by atoms with Crippen molar-refractivity contribution in [1.29, 1.82) is 0 Å². The van der Waals surface area contributed by atoms with E-state index in [1.165, 1.54) is 0 Å². The van der Waals surface area contributed by atoms with Crippen LogP contribution in [0.2, 0.25) is 0 Å². The zero-order valence-corrected chi connectivity index (χ0v) is 12.9. The molecule has 0 aromatic carbocycles. The van der Waals surface area contributed by atoms with Crippen molar-refractivity contribution in [3.8, 4) is 0 Å². The molecule has 2 N–H and O–H groups in total. The first-order chi connectivity index (χ1) is 8.29. The Morgan fingerprint density at radius 1 is 1.39 bits per heavy atom. The van der Waals surface area contributed by atoms with E-state index in [0.717, 1.165) is 25.7 Å². The molecule has 6 nitrogen and oxygen atoms in total. The number of hydrogen-bond donors (Lipinski definition) is 2. The Balaban J connectivity index is 2.61. The van der Waals surface area contributed by atoms with E-state index in [2.05, 4.69) is 20.7 Å². The Labute approximate surface area is 116 Å². The molecule has 1 aliphatic rings. The molecule has 0 aromatic heterocycles. The molecule has 1 rings (SSSR count). The van der Waals surface area contributed by atoms with Crippen molar-refractivity contribution in [3.05, 3.63) is 0 Å². The van der Waals surface area contributed by atoms with Gasteiger partial charge in [0, 0.05) is 10.9 Å². The lowest BCUT2D eigenvalue weighted by Gasteiger charge is -2.27. The van der Waals surface area contributed by atoms with E-state index < -0.39 is 21.8 Å². The standard InChI is InChI=1S/C10H19BrN2O4S/c1-8(2)17-9(14)12-18(15,16)13-10(7-11)5-3-4-6-10/h8,13H,3-7H2,1-2H3,(H,12,14). The highest BCUT2D eigenvalue weighted by atomic mass is 79.9. The Morgan fingerprint density at radius 2 is 1.94 bits per heavy atom. The lowest BCUT2D eigenvalue weighted by Crippen LogP contribution is -2.53. The van der Waals surface area contributed by atoms with Gasteiger partial charge >= 0.3 is 16.3 Å². The van der Waals surface area contributed by atoms with Crippen molar-refractivity contribution in [2.24, 2.45) is 0 Å². The van der Waals surface area contributed by atoms with Crippen LogP contribution in [0.25, 0.3) is 0 Å². The monoisotopic (exact) mass is 342 g/mol. The maximum atomic E-state index is 11.8. The molecular formula is C10H19BrN2O4S. The van der Waals surface area contributed by atoms with Gasteiger partial charge in [-0.1, -0.05) is 28.8 Å². The van der Waals surface area contributed by atoms with E-state index in [4.69, 9.17) is 4.74 Å². The van der Waals surface area contributed by atoms with Crippen LogP contribution in [0, 0.1) is 0 Å². The van der Waals surface area contributed by atoms with E-state index >= 15 is 0 Å². The third-order valence-corrected chi connectivity index (χ3v) is 4.94. The normalized spacial score (nSPS) is 18.9. The number of alkyl halides is 1. The second-order valence-corrected chi connectivity index (χ2v) is 6.76. The minimum absolute atomic E-state index is 0.364. The SMILES string of the molecule is CC(C)OC(=O)NS(=O)(=O)NC1(CBr)CCCC1. The minimum atomic E-state index is -3.88. The number of rotatable bonds is 5. The van der Waals surface area contributed by atoms with Gasteiger partial charge < -0.3 is 4.74 Å². The summed E-state index contributed by atoms with van der Waals surface area (Å²) in [6, 6.07) is 0. The third-order valence-electron chi connectivity index (χ3n) is 2.73. The topological polar surface area (TPSA) is 84.5 Å². The summed E-state index contributed by atoms with van der Waals surface area (Å²) in [6.07, 6.45) is 2.16. The van der Waals surface area contributed by atoms with Gasteiger partial charge in [-0.2, -0.15) is 13.1 Å². The molecule has 0 saturated heterocycles. The van der Waals surface area contributed by atoms with Crippen molar-refractivity contribution < 1.29 is 17.9 Å². The lowest BCUT2D eigenvalue weighted by atomic mass is 10.0. The van der Waals surface area contributed by atoms with Gasteiger partial charge in [-0.05, 0) is 26.7 Å². The van der Waals surface area contributed by atoms with Gasteiger partial charge in [-0.25, -0.2) is 9.52 Å². The number of ether oxygens (including phenoxy) is 1. The highest BCUT2D eigenvalue weighted by molar-refractivity contribution is 9.09. The lowest BCUT2D eigenvalue weighted by molar-refractivity contribution is 0.121. The molecule has 0 heterocycles. The van der Waals surface area contributed by atoms with Crippen LogP contribution < -0.4 is 9.44 Å². The van der Waals surface area contributed by atoms with Gasteiger partial charge in [0.2, 0.25) is 0 Å². The van der Waals surface area contributed by atoms with Gasteiger partial charge in [-0.15, -0.1) is 0 Å². The number of carbonyl (C=O) groups excluding carboxylic acids is 1. The van der Waals surface area contributed by atoms with Crippen LogP contribution in [0.5, 0.6) is 0 Å². The fourth-order valence-electron chi connectivity index (χ4n) is 1.97. The first-order valence-electron chi connectivity index (χ1n) is 5.87. The van der Waals surface area contributed by atoms with E-state index in [1.807, 2.05) is 4.72 Å². The van der Waals surface area contributed by atoms with E-state index in [1.54, 1.807) is 13.8 Å². The van der Waals surface area contributed by atoms with Gasteiger partial charge in [0.25, 0.3) is 0 Å². The highest BCUT2D eigenvalue weighted by Crippen LogP contribution is 2.31. The van der Waals surface area contributed by atoms with Crippen LogP contribution in [0.3, 0.4) is 0 Å². The number of halogens is 1. The quantitative estimate of drug-likeness (QED) is 0.744. The smallest absolute Gasteiger partial charge is 0.422 e. The summed E-state index contributed by atoms with van der Waals surface area (Å²) in [4.78, 5) is 11.3. The molecule has 1 amide bonds.